The van der Waals surface area contributed by atoms with Gasteiger partial charge >= 0.3 is 0 Å². The Morgan fingerprint density at radius 1 is 1.03 bits per heavy atom. The lowest BCUT2D eigenvalue weighted by molar-refractivity contribution is -0.143. The first-order valence-electron chi connectivity index (χ1n) is 9.63. The van der Waals surface area contributed by atoms with E-state index >= 15 is 0 Å². The molecule has 7 nitrogen and oxygen atoms in total. The van der Waals surface area contributed by atoms with Crippen LogP contribution < -0.4 is 10.1 Å². The van der Waals surface area contributed by atoms with Crippen LogP contribution in [0, 0.1) is 23.7 Å². The number of aromatic nitrogens is 1. The molecule has 1 saturated heterocycles. The van der Waals surface area contributed by atoms with E-state index in [1.54, 1.807) is 30.5 Å². The summed E-state index contributed by atoms with van der Waals surface area (Å²) in [6.45, 7) is -0.302. The zero-order chi connectivity index (χ0) is 20.0. The Morgan fingerprint density at radius 2 is 1.72 bits per heavy atom. The third-order valence-electron chi connectivity index (χ3n) is 5.87. The number of nitrogens with one attached hydrogen (secondary N) is 1. The lowest BCUT2D eigenvalue weighted by atomic mass is 9.85. The molecule has 7 heteroatoms. The Kier molecular flexibility index (Phi) is 4.16. The van der Waals surface area contributed by atoms with Gasteiger partial charge in [0.25, 0.3) is 0 Å². The maximum Gasteiger partial charge on any atom is 0.244 e. The van der Waals surface area contributed by atoms with Crippen LogP contribution in [0.25, 0.3) is 0 Å². The highest BCUT2D eigenvalue weighted by atomic mass is 16.5. The number of carbonyl (C=O) groups excluding carboxylic acids is 3. The predicted octanol–water partition coefficient (Wildman–Crippen LogP) is 2.62. The first-order valence-corrected chi connectivity index (χ1v) is 9.63. The number of hydrogen-bond donors (Lipinski definition) is 1. The van der Waals surface area contributed by atoms with E-state index in [0.717, 1.165) is 11.3 Å². The SMILES string of the molecule is O=C(CN1C(=O)[C@@H]2[C@H](C1=O)[C@H]1C=C[C@H]2C1)Nc1cccnc1Oc1ccccc1. The number of pyridine rings is 1. The molecule has 2 heterocycles. The van der Waals surface area contributed by atoms with Crippen molar-refractivity contribution < 1.29 is 19.1 Å². The average molecular weight is 389 g/mol. The highest BCUT2D eigenvalue weighted by molar-refractivity contribution is 6.09. The summed E-state index contributed by atoms with van der Waals surface area (Å²) in [7, 11) is 0. The van der Waals surface area contributed by atoms with Crippen molar-refractivity contribution in [3.8, 4) is 11.6 Å². The molecule has 3 amide bonds. The lowest BCUT2D eigenvalue weighted by Crippen LogP contribution is -2.39. The molecule has 3 aliphatic rings. The van der Waals surface area contributed by atoms with Gasteiger partial charge in [0.1, 0.15) is 18.0 Å². The zero-order valence-corrected chi connectivity index (χ0v) is 15.5. The zero-order valence-electron chi connectivity index (χ0n) is 15.5. The number of fused-ring (bicyclic) bond motifs is 5. The first-order chi connectivity index (χ1) is 14.1. The molecule has 4 atom stereocenters. The highest BCUT2D eigenvalue weighted by Crippen LogP contribution is 2.52. The molecular formula is C22H19N3O4. The van der Waals surface area contributed by atoms with Crippen molar-refractivity contribution in [2.45, 2.75) is 6.42 Å². The van der Waals surface area contributed by atoms with Crippen LogP contribution in [0.1, 0.15) is 6.42 Å². The molecule has 1 aromatic carbocycles. The van der Waals surface area contributed by atoms with Crippen molar-refractivity contribution in [2.75, 3.05) is 11.9 Å². The maximum absolute atomic E-state index is 12.7. The summed E-state index contributed by atoms with van der Waals surface area (Å²) in [5.74, 6) is -0.470. The predicted molar refractivity (Wildman–Crippen MR) is 104 cm³/mol. The molecule has 1 aliphatic heterocycles. The molecule has 0 unspecified atom stereocenters. The Balaban J connectivity index is 1.29. The fourth-order valence-electron chi connectivity index (χ4n) is 4.62. The molecule has 1 saturated carbocycles. The van der Waals surface area contributed by atoms with E-state index in [0.29, 0.717) is 11.4 Å². The van der Waals surface area contributed by atoms with Gasteiger partial charge in [-0.05, 0) is 42.5 Å². The molecule has 29 heavy (non-hydrogen) atoms. The number of ether oxygens (including phenoxy) is 1. The van der Waals surface area contributed by atoms with E-state index < -0.39 is 5.91 Å². The van der Waals surface area contributed by atoms with Crippen LogP contribution in [-0.4, -0.2) is 34.2 Å². The van der Waals surface area contributed by atoms with Gasteiger partial charge in [-0.1, -0.05) is 30.4 Å². The maximum atomic E-state index is 12.7. The van der Waals surface area contributed by atoms with E-state index in [2.05, 4.69) is 10.3 Å². The average Bonchev–Trinajstić information content (AvgIpc) is 3.40. The highest BCUT2D eigenvalue weighted by Gasteiger charge is 2.59. The second-order valence-electron chi connectivity index (χ2n) is 7.58. The van der Waals surface area contributed by atoms with Gasteiger partial charge in [0, 0.05) is 6.20 Å². The van der Waals surface area contributed by atoms with Gasteiger partial charge in [0.05, 0.1) is 11.8 Å². The number of nitrogens with zero attached hydrogens (tertiary/aromatic N) is 2. The van der Waals surface area contributed by atoms with Crippen LogP contribution >= 0.6 is 0 Å². The summed E-state index contributed by atoms with van der Waals surface area (Å²) < 4.78 is 5.74. The Morgan fingerprint density at radius 3 is 2.41 bits per heavy atom. The molecule has 146 valence electrons. The monoisotopic (exact) mass is 389 g/mol. The molecule has 1 N–H and O–H groups in total. The van der Waals surface area contributed by atoms with Gasteiger partial charge in [-0.25, -0.2) is 4.98 Å². The number of carbonyl (C=O) groups is 3. The van der Waals surface area contributed by atoms with Crippen LogP contribution in [0.4, 0.5) is 5.69 Å². The standard InChI is InChI=1S/C22H19N3O4/c26-17(12-25-21(27)18-13-8-9-14(11-13)19(18)22(25)28)24-16-7-4-10-23-20(16)29-15-5-2-1-3-6-15/h1-10,13-14,18-19H,11-12H2,(H,24,26)/t13-,14-,18-,19+/m0/s1. The number of hydrogen-bond acceptors (Lipinski definition) is 5. The van der Waals surface area contributed by atoms with Gasteiger partial charge in [0.2, 0.25) is 23.6 Å². The number of para-hydroxylation sites is 1. The molecule has 0 spiro atoms. The number of imide groups is 1. The number of anilines is 1. The second kappa shape index (κ2) is 6.84. The first kappa shape index (κ1) is 17.6. The van der Waals surface area contributed by atoms with Crippen molar-refractivity contribution in [1.82, 2.24) is 9.88 Å². The van der Waals surface area contributed by atoms with Gasteiger partial charge in [-0.2, -0.15) is 0 Å². The number of benzene rings is 1. The van der Waals surface area contributed by atoms with Crippen molar-refractivity contribution in [3.63, 3.8) is 0 Å². The summed E-state index contributed by atoms with van der Waals surface area (Å²) in [6, 6.07) is 12.4. The van der Waals surface area contributed by atoms with Gasteiger partial charge in [-0.15, -0.1) is 0 Å². The van der Waals surface area contributed by atoms with E-state index in [1.165, 1.54) is 0 Å². The van der Waals surface area contributed by atoms with Crippen LogP contribution in [0.15, 0.2) is 60.8 Å². The molecule has 0 radical (unpaired) electrons. The fourth-order valence-corrected chi connectivity index (χ4v) is 4.62. The lowest BCUT2D eigenvalue weighted by Gasteiger charge is -2.17. The Hall–Kier alpha value is -3.48. The van der Waals surface area contributed by atoms with Crippen LogP contribution in [0.2, 0.25) is 0 Å². The molecule has 1 aromatic heterocycles. The van der Waals surface area contributed by atoms with E-state index in [4.69, 9.17) is 4.74 Å². The van der Waals surface area contributed by atoms with Gasteiger partial charge in [-0.3, -0.25) is 19.3 Å². The van der Waals surface area contributed by atoms with Crippen molar-refractivity contribution in [2.24, 2.45) is 23.7 Å². The van der Waals surface area contributed by atoms with Crippen LogP contribution in [0.5, 0.6) is 11.6 Å². The number of rotatable bonds is 5. The Labute approximate surface area is 167 Å². The molecule has 2 aliphatic carbocycles. The summed E-state index contributed by atoms with van der Waals surface area (Å²) in [6.07, 6.45) is 6.49. The normalized spacial score (nSPS) is 26.7. The fraction of sp³-hybridized carbons (Fsp3) is 0.273. The molecule has 5 rings (SSSR count). The van der Waals surface area contributed by atoms with Gasteiger partial charge < -0.3 is 10.1 Å². The molecular weight excluding hydrogens is 370 g/mol. The smallest absolute Gasteiger partial charge is 0.244 e. The summed E-state index contributed by atoms with van der Waals surface area (Å²) in [5.41, 5.74) is 0.377. The molecule has 2 fully saturated rings. The summed E-state index contributed by atoms with van der Waals surface area (Å²) in [5, 5.41) is 2.71. The van der Waals surface area contributed by atoms with E-state index in [1.807, 2.05) is 30.4 Å². The minimum Gasteiger partial charge on any atom is -0.437 e. The summed E-state index contributed by atoms with van der Waals surface area (Å²) >= 11 is 0. The third-order valence-corrected chi connectivity index (χ3v) is 5.87. The largest absolute Gasteiger partial charge is 0.437 e. The minimum absolute atomic E-state index is 0.124. The topological polar surface area (TPSA) is 88.6 Å². The third kappa shape index (κ3) is 2.99. The summed E-state index contributed by atoms with van der Waals surface area (Å²) in [4.78, 5) is 43.4. The second-order valence-corrected chi connectivity index (χ2v) is 7.58. The molecule has 2 bridgehead atoms. The van der Waals surface area contributed by atoms with Crippen LogP contribution in [-0.2, 0) is 14.4 Å². The Bertz CT molecular complexity index is 990. The molecule has 2 aromatic rings. The van der Waals surface area contributed by atoms with E-state index in [9.17, 15) is 14.4 Å². The number of likely N-dealkylation sites (tertiary alicyclic amines) is 1. The quantitative estimate of drug-likeness (QED) is 0.627. The van der Waals surface area contributed by atoms with Gasteiger partial charge in [0.15, 0.2) is 0 Å². The number of amides is 3. The van der Waals surface area contributed by atoms with Crippen molar-refractivity contribution in [3.05, 3.63) is 60.8 Å². The van der Waals surface area contributed by atoms with E-state index in [-0.39, 0.29) is 47.9 Å². The number of allylic oxidation sites excluding steroid dienone is 2. The van der Waals surface area contributed by atoms with Crippen LogP contribution in [0.3, 0.4) is 0 Å². The minimum atomic E-state index is -0.460. The van der Waals surface area contributed by atoms with Crippen molar-refractivity contribution >= 4 is 23.4 Å². The van der Waals surface area contributed by atoms with Crippen molar-refractivity contribution in [1.29, 1.82) is 0 Å².